The highest BCUT2D eigenvalue weighted by Crippen LogP contribution is 2.32. The fourth-order valence-electron chi connectivity index (χ4n) is 3.40. The predicted octanol–water partition coefficient (Wildman–Crippen LogP) is 2.72. The lowest BCUT2D eigenvalue weighted by Crippen LogP contribution is -2.35. The molecule has 4 rings (SSSR count). The summed E-state index contributed by atoms with van der Waals surface area (Å²) in [5, 5.41) is 7.63. The minimum atomic E-state index is -0.0573. The molecule has 3 heterocycles. The van der Waals surface area contributed by atoms with Gasteiger partial charge in [0.1, 0.15) is 5.01 Å². The van der Waals surface area contributed by atoms with E-state index in [1.807, 2.05) is 6.07 Å². The van der Waals surface area contributed by atoms with E-state index in [4.69, 9.17) is 0 Å². The van der Waals surface area contributed by atoms with Gasteiger partial charge in [-0.25, -0.2) is 5.10 Å². The van der Waals surface area contributed by atoms with Gasteiger partial charge in [0, 0.05) is 24.4 Å². The van der Waals surface area contributed by atoms with Gasteiger partial charge in [-0.2, -0.15) is 5.10 Å². The number of piperidine rings is 1. The van der Waals surface area contributed by atoms with Crippen molar-refractivity contribution in [2.75, 3.05) is 13.1 Å². The molecule has 24 heavy (non-hydrogen) atoms. The van der Waals surface area contributed by atoms with Crippen molar-refractivity contribution in [1.29, 1.82) is 0 Å². The van der Waals surface area contributed by atoms with Gasteiger partial charge in [-0.15, -0.1) is 0 Å². The molecular weight excluding hydrogens is 322 g/mol. The second-order valence-electron chi connectivity index (χ2n) is 6.24. The van der Waals surface area contributed by atoms with Crippen LogP contribution >= 0.6 is 11.3 Å². The Morgan fingerprint density at radius 3 is 2.67 bits per heavy atom. The molecule has 2 aromatic heterocycles. The topological polar surface area (TPSA) is 74.8 Å². The van der Waals surface area contributed by atoms with E-state index < -0.39 is 0 Å². The summed E-state index contributed by atoms with van der Waals surface area (Å²) in [7, 11) is 0. The molecule has 1 N–H and O–H groups in total. The van der Waals surface area contributed by atoms with Gasteiger partial charge in [0.25, 0.3) is 0 Å². The first kappa shape index (κ1) is 15.4. The van der Waals surface area contributed by atoms with Crippen LogP contribution in [0, 0.1) is 0 Å². The van der Waals surface area contributed by atoms with E-state index in [9.17, 15) is 4.79 Å². The number of nitrogens with zero attached hydrogens (tertiary/aromatic N) is 4. The summed E-state index contributed by atoms with van der Waals surface area (Å²) in [6.45, 7) is 4.26. The van der Waals surface area contributed by atoms with Gasteiger partial charge in [-0.1, -0.05) is 17.4 Å². The monoisotopic (exact) mass is 341 g/mol. The van der Waals surface area contributed by atoms with Crippen LogP contribution in [-0.2, 0) is 0 Å². The number of nitrogens with one attached hydrogen (secondary N) is 1. The van der Waals surface area contributed by atoms with E-state index in [0.29, 0.717) is 12.0 Å². The number of hydrogen-bond donors (Lipinski definition) is 1. The molecule has 1 aromatic carbocycles. The van der Waals surface area contributed by atoms with Crippen LogP contribution in [-0.4, -0.2) is 38.2 Å². The lowest BCUT2D eigenvalue weighted by molar-refractivity contribution is 0.162. The van der Waals surface area contributed by atoms with Crippen molar-refractivity contribution in [3.05, 3.63) is 50.8 Å². The van der Waals surface area contributed by atoms with E-state index in [2.05, 4.69) is 44.1 Å². The number of H-pyrrole nitrogens is 1. The predicted molar refractivity (Wildman–Crippen MR) is 94.2 cm³/mol. The Morgan fingerprint density at radius 2 is 1.96 bits per heavy atom. The van der Waals surface area contributed by atoms with E-state index in [1.54, 1.807) is 12.4 Å². The first-order chi connectivity index (χ1) is 11.7. The van der Waals surface area contributed by atoms with Gasteiger partial charge >= 0.3 is 4.87 Å². The zero-order valence-corrected chi connectivity index (χ0v) is 14.3. The molecule has 0 saturated carbocycles. The smallest absolute Gasteiger partial charge is 0.297 e. The third-order valence-electron chi connectivity index (χ3n) is 4.86. The van der Waals surface area contributed by atoms with Gasteiger partial charge in [-0.3, -0.25) is 19.7 Å². The van der Waals surface area contributed by atoms with Crippen LogP contribution in [0.3, 0.4) is 0 Å². The van der Waals surface area contributed by atoms with Crippen molar-refractivity contribution in [2.45, 2.75) is 31.7 Å². The highest BCUT2D eigenvalue weighted by atomic mass is 32.1. The van der Waals surface area contributed by atoms with E-state index >= 15 is 0 Å². The molecule has 0 radical (unpaired) electrons. The molecule has 0 aliphatic carbocycles. The molecule has 0 bridgehead atoms. The highest BCUT2D eigenvalue weighted by molar-refractivity contribution is 7.08. The van der Waals surface area contributed by atoms with Crippen LogP contribution in [0.5, 0.6) is 0 Å². The van der Waals surface area contributed by atoms with Crippen molar-refractivity contribution in [2.24, 2.45) is 0 Å². The molecule has 0 spiro atoms. The first-order valence-electron chi connectivity index (χ1n) is 8.21. The minimum absolute atomic E-state index is 0.0573. The third kappa shape index (κ3) is 2.97. The van der Waals surface area contributed by atoms with Crippen molar-refractivity contribution in [1.82, 2.24) is 25.1 Å². The first-order valence-corrected chi connectivity index (χ1v) is 9.02. The molecule has 6 nitrogen and oxygen atoms in total. The lowest BCUT2D eigenvalue weighted by atomic mass is 9.95. The van der Waals surface area contributed by atoms with Crippen LogP contribution in [0.1, 0.15) is 42.3 Å². The Morgan fingerprint density at radius 1 is 1.21 bits per heavy atom. The quantitative estimate of drug-likeness (QED) is 0.793. The summed E-state index contributed by atoms with van der Waals surface area (Å²) in [4.78, 5) is 22.4. The number of hydrogen-bond acceptors (Lipinski definition) is 6. The van der Waals surface area contributed by atoms with Crippen LogP contribution < -0.4 is 4.87 Å². The number of rotatable bonds is 3. The Balaban J connectivity index is 1.47. The zero-order valence-electron chi connectivity index (χ0n) is 13.5. The summed E-state index contributed by atoms with van der Waals surface area (Å²) in [5.41, 5.74) is 3.14. The molecule has 1 atom stereocenters. The second-order valence-corrected chi connectivity index (χ2v) is 7.24. The van der Waals surface area contributed by atoms with Gasteiger partial charge in [0.2, 0.25) is 0 Å². The Labute approximate surface area is 143 Å². The number of aromatic amines is 1. The maximum atomic E-state index is 11.3. The molecular formula is C17H19N5OS. The summed E-state index contributed by atoms with van der Waals surface area (Å²) in [6.07, 6.45) is 5.54. The molecule has 1 unspecified atom stereocenters. The Hall–Kier alpha value is -2.12. The second kappa shape index (κ2) is 6.41. The molecule has 3 aromatic rings. The molecule has 7 heteroatoms. The highest BCUT2D eigenvalue weighted by Gasteiger charge is 2.26. The molecule has 1 aliphatic heterocycles. The zero-order chi connectivity index (χ0) is 16.5. The van der Waals surface area contributed by atoms with Gasteiger partial charge in [-0.05, 0) is 50.6 Å². The van der Waals surface area contributed by atoms with Crippen LogP contribution in [0.15, 0.2) is 35.4 Å². The van der Waals surface area contributed by atoms with Gasteiger partial charge in [0.15, 0.2) is 0 Å². The van der Waals surface area contributed by atoms with Crippen LogP contribution in [0.25, 0.3) is 11.0 Å². The summed E-state index contributed by atoms with van der Waals surface area (Å²) >= 11 is 1.25. The van der Waals surface area contributed by atoms with E-state index in [0.717, 1.165) is 42.0 Å². The average Bonchev–Trinajstić information content (AvgIpc) is 3.07. The van der Waals surface area contributed by atoms with E-state index in [1.165, 1.54) is 16.9 Å². The largest absolute Gasteiger partial charge is 0.322 e. The number of aromatic nitrogens is 4. The van der Waals surface area contributed by atoms with Gasteiger partial charge in [0.05, 0.1) is 11.0 Å². The van der Waals surface area contributed by atoms with Crippen LogP contribution in [0.2, 0.25) is 0 Å². The normalized spacial score (nSPS) is 18.0. The molecule has 1 saturated heterocycles. The molecule has 1 aliphatic rings. The molecule has 1 fully saturated rings. The van der Waals surface area contributed by atoms with Crippen molar-refractivity contribution >= 4 is 22.4 Å². The maximum absolute atomic E-state index is 11.3. The molecule has 0 amide bonds. The Kier molecular flexibility index (Phi) is 4.12. The van der Waals surface area contributed by atoms with E-state index in [-0.39, 0.29) is 4.87 Å². The standard InChI is InChI=1S/C17H19N5OS/c1-11(13-2-3-14-15(10-13)19-7-6-18-14)22-8-4-12(5-9-22)16-20-21-17(23)24-16/h2-3,6-7,10-12H,4-5,8-9H2,1H3,(H,21,23). The summed E-state index contributed by atoms with van der Waals surface area (Å²) in [6, 6.07) is 6.67. The van der Waals surface area contributed by atoms with Crippen molar-refractivity contribution in [3.63, 3.8) is 0 Å². The minimum Gasteiger partial charge on any atom is -0.297 e. The fourth-order valence-corrected chi connectivity index (χ4v) is 4.18. The summed E-state index contributed by atoms with van der Waals surface area (Å²) < 4.78 is 0. The summed E-state index contributed by atoms with van der Waals surface area (Å²) in [5.74, 6) is 0.403. The van der Waals surface area contributed by atoms with Gasteiger partial charge < -0.3 is 0 Å². The lowest BCUT2D eigenvalue weighted by Gasteiger charge is -2.35. The number of likely N-dealkylation sites (tertiary alicyclic amines) is 1. The Bertz CT molecular complexity index is 897. The fraction of sp³-hybridized carbons (Fsp3) is 0.412. The number of fused-ring (bicyclic) bond motifs is 1. The third-order valence-corrected chi connectivity index (χ3v) is 5.77. The van der Waals surface area contributed by atoms with Crippen molar-refractivity contribution in [3.8, 4) is 0 Å². The van der Waals surface area contributed by atoms with Crippen LogP contribution in [0.4, 0.5) is 0 Å². The SMILES string of the molecule is CC(c1ccc2nccnc2c1)N1CCC(c2n[nH]c(=O)s2)CC1. The average molecular weight is 341 g/mol. The van der Waals surface area contributed by atoms with Crippen molar-refractivity contribution < 1.29 is 0 Å². The maximum Gasteiger partial charge on any atom is 0.322 e. The number of benzene rings is 1. The molecule has 124 valence electrons.